The van der Waals surface area contributed by atoms with Crippen molar-refractivity contribution in [3.8, 4) is 0 Å². The van der Waals surface area contributed by atoms with Crippen molar-refractivity contribution in [2.75, 3.05) is 6.61 Å². The summed E-state index contributed by atoms with van der Waals surface area (Å²) in [5.41, 5.74) is 2.83. The van der Waals surface area contributed by atoms with Gasteiger partial charge in [-0.05, 0) is 54.2 Å². The Morgan fingerprint density at radius 1 is 1.35 bits per heavy atom. The topological polar surface area (TPSA) is 56.3 Å². The first kappa shape index (κ1) is 16.9. The molecule has 0 bridgehead atoms. The van der Waals surface area contributed by atoms with Gasteiger partial charge in [0.15, 0.2) is 5.78 Å². The number of hydrogen-bond acceptors (Lipinski definition) is 4. The van der Waals surface area contributed by atoms with Crippen LogP contribution in [0.25, 0.3) is 0 Å². The molecule has 0 radical (unpaired) electrons. The fourth-order valence-corrected chi connectivity index (χ4v) is 4.55. The maximum Gasteiger partial charge on any atom is 0.341 e. The lowest BCUT2D eigenvalue weighted by atomic mass is 9.74. The second-order valence-electron chi connectivity index (χ2n) is 7.30. The van der Waals surface area contributed by atoms with E-state index in [-0.39, 0.29) is 17.2 Å². The summed E-state index contributed by atoms with van der Waals surface area (Å²) >= 11 is 2.14. The van der Waals surface area contributed by atoms with Crippen molar-refractivity contribution < 1.29 is 14.3 Å². The van der Waals surface area contributed by atoms with Gasteiger partial charge < -0.3 is 4.74 Å². The SMILES string of the molecule is CCOC(=O)c1c(C2CCC2)nc2c(c1I)C(=O)CC(C)(C)C2. The number of hydrogen-bond donors (Lipinski definition) is 0. The number of ketones is 1. The van der Waals surface area contributed by atoms with E-state index < -0.39 is 0 Å². The molecule has 2 aliphatic carbocycles. The van der Waals surface area contributed by atoms with Crippen molar-refractivity contribution in [1.82, 2.24) is 4.98 Å². The third-order valence-electron chi connectivity index (χ3n) is 4.77. The second kappa shape index (κ2) is 6.15. The molecule has 0 unspecified atom stereocenters. The van der Waals surface area contributed by atoms with Gasteiger partial charge in [-0.2, -0.15) is 0 Å². The Morgan fingerprint density at radius 3 is 2.61 bits per heavy atom. The molecule has 124 valence electrons. The summed E-state index contributed by atoms with van der Waals surface area (Å²) in [6.45, 7) is 6.33. The molecule has 1 aromatic heterocycles. The molecule has 0 amide bonds. The number of carbonyl (C=O) groups excluding carboxylic acids is 2. The van der Waals surface area contributed by atoms with E-state index in [4.69, 9.17) is 9.72 Å². The maximum absolute atomic E-state index is 12.6. The molecule has 0 atom stereocenters. The number of carbonyl (C=O) groups is 2. The standard InChI is InChI=1S/C18H22INO3/c1-4-23-17(22)14-15(19)13-11(8-18(2,3)9-12(13)21)20-16(14)10-6-5-7-10/h10H,4-9H2,1-3H3. The van der Waals surface area contributed by atoms with Crippen molar-refractivity contribution in [2.45, 2.75) is 58.8 Å². The minimum absolute atomic E-state index is 0.0670. The van der Waals surface area contributed by atoms with E-state index in [1.165, 1.54) is 6.42 Å². The van der Waals surface area contributed by atoms with E-state index >= 15 is 0 Å². The summed E-state index contributed by atoms with van der Waals surface area (Å²) in [6.07, 6.45) is 4.58. The Bertz CT molecular complexity index is 677. The van der Waals surface area contributed by atoms with E-state index in [9.17, 15) is 9.59 Å². The van der Waals surface area contributed by atoms with Gasteiger partial charge in [-0.15, -0.1) is 0 Å². The maximum atomic E-state index is 12.6. The molecule has 1 aromatic rings. The lowest BCUT2D eigenvalue weighted by Gasteiger charge is -2.33. The molecule has 0 spiro atoms. The Kier molecular flexibility index (Phi) is 4.51. The Hall–Kier alpha value is -0.980. The number of halogens is 1. The number of esters is 1. The summed E-state index contributed by atoms with van der Waals surface area (Å²) < 4.78 is 5.98. The van der Waals surface area contributed by atoms with Crippen LogP contribution in [0.2, 0.25) is 0 Å². The molecule has 0 aliphatic heterocycles. The van der Waals surface area contributed by atoms with Crippen LogP contribution in [0.5, 0.6) is 0 Å². The predicted octanol–water partition coefficient (Wildman–Crippen LogP) is 4.29. The quantitative estimate of drug-likeness (QED) is 0.534. The van der Waals surface area contributed by atoms with Gasteiger partial charge in [0.1, 0.15) is 0 Å². The molecule has 1 heterocycles. The summed E-state index contributed by atoms with van der Waals surface area (Å²) in [7, 11) is 0. The fraction of sp³-hybridized carbons (Fsp3) is 0.611. The van der Waals surface area contributed by atoms with E-state index in [1.54, 1.807) is 6.92 Å². The van der Waals surface area contributed by atoms with Crippen LogP contribution < -0.4 is 0 Å². The van der Waals surface area contributed by atoms with Crippen LogP contribution in [0.15, 0.2) is 0 Å². The Morgan fingerprint density at radius 2 is 2.04 bits per heavy atom. The zero-order valence-corrected chi connectivity index (χ0v) is 16.0. The summed E-state index contributed by atoms with van der Waals surface area (Å²) in [4.78, 5) is 29.9. The molecule has 0 N–H and O–H groups in total. The highest BCUT2D eigenvalue weighted by Crippen LogP contribution is 2.42. The van der Waals surface area contributed by atoms with Gasteiger partial charge in [0, 0.05) is 15.9 Å². The highest BCUT2D eigenvalue weighted by Gasteiger charge is 2.38. The van der Waals surface area contributed by atoms with Gasteiger partial charge in [0.05, 0.1) is 29.1 Å². The van der Waals surface area contributed by atoms with Gasteiger partial charge in [0.2, 0.25) is 0 Å². The van der Waals surface area contributed by atoms with Gasteiger partial charge in [0.25, 0.3) is 0 Å². The average molecular weight is 427 g/mol. The van der Waals surface area contributed by atoms with Gasteiger partial charge in [-0.25, -0.2) is 4.79 Å². The number of Topliss-reactive ketones (excluding diaryl/α,β-unsaturated/α-hetero) is 1. The lowest BCUT2D eigenvalue weighted by molar-refractivity contribution is 0.0521. The number of nitrogens with zero attached hydrogens (tertiary/aromatic N) is 1. The smallest absolute Gasteiger partial charge is 0.341 e. The first-order chi connectivity index (χ1) is 10.8. The van der Waals surface area contributed by atoms with Crippen molar-refractivity contribution in [3.05, 3.63) is 26.1 Å². The van der Waals surface area contributed by atoms with Crippen LogP contribution in [-0.4, -0.2) is 23.3 Å². The summed E-state index contributed by atoms with van der Waals surface area (Å²) in [5, 5.41) is 0. The van der Waals surface area contributed by atoms with E-state index in [2.05, 4.69) is 36.4 Å². The molecule has 5 heteroatoms. The van der Waals surface area contributed by atoms with Gasteiger partial charge in [-0.1, -0.05) is 20.3 Å². The predicted molar refractivity (Wildman–Crippen MR) is 95.9 cm³/mol. The highest BCUT2D eigenvalue weighted by molar-refractivity contribution is 14.1. The van der Waals surface area contributed by atoms with Crippen LogP contribution in [-0.2, 0) is 11.2 Å². The number of aromatic nitrogens is 1. The Labute approximate surface area is 150 Å². The zero-order chi connectivity index (χ0) is 16.8. The van der Waals surface area contributed by atoms with Crippen molar-refractivity contribution in [3.63, 3.8) is 0 Å². The van der Waals surface area contributed by atoms with Gasteiger partial charge >= 0.3 is 5.97 Å². The van der Waals surface area contributed by atoms with Crippen LogP contribution in [0.3, 0.4) is 0 Å². The third kappa shape index (κ3) is 3.04. The normalized spacial score (nSPS) is 19.9. The first-order valence-electron chi connectivity index (χ1n) is 8.26. The zero-order valence-electron chi connectivity index (χ0n) is 13.9. The fourth-order valence-electron chi connectivity index (χ4n) is 3.45. The molecule has 0 aromatic carbocycles. The highest BCUT2D eigenvalue weighted by atomic mass is 127. The molecule has 0 saturated heterocycles. The molecule has 1 saturated carbocycles. The monoisotopic (exact) mass is 427 g/mol. The number of rotatable bonds is 3. The van der Waals surface area contributed by atoms with Crippen molar-refractivity contribution >= 4 is 34.3 Å². The molecule has 23 heavy (non-hydrogen) atoms. The molecule has 3 rings (SSSR count). The van der Waals surface area contributed by atoms with E-state index in [1.807, 2.05) is 0 Å². The second-order valence-corrected chi connectivity index (χ2v) is 8.38. The largest absolute Gasteiger partial charge is 0.462 e. The first-order valence-corrected chi connectivity index (χ1v) is 9.34. The van der Waals surface area contributed by atoms with Crippen molar-refractivity contribution in [1.29, 1.82) is 0 Å². The molecular weight excluding hydrogens is 405 g/mol. The third-order valence-corrected chi connectivity index (χ3v) is 5.85. The number of ether oxygens (including phenoxy) is 1. The average Bonchev–Trinajstić information content (AvgIpc) is 2.34. The lowest BCUT2D eigenvalue weighted by Crippen LogP contribution is -2.31. The van der Waals surface area contributed by atoms with Crippen LogP contribution in [0, 0.1) is 8.99 Å². The Balaban J connectivity index is 2.17. The minimum Gasteiger partial charge on any atom is -0.462 e. The molecule has 1 fully saturated rings. The van der Waals surface area contributed by atoms with E-state index in [0.717, 1.165) is 34.2 Å². The van der Waals surface area contributed by atoms with Crippen LogP contribution in [0.1, 0.15) is 84.5 Å². The molecule has 4 nitrogen and oxygen atoms in total. The van der Waals surface area contributed by atoms with Crippen LogP contribution in [0.4, 0.5) is 0 Å². The number of pyridine rings is 1. The van der Waals surface area contributed by atoms with Crippen molar-refractivity contribution in [2.24, 2.45) is 5.41 Å². The van der Waals surface area contributed by atoms with E-state index in [0.29, 0.717) is 30.1 Å². The molecule has 2 aliphatic rings. The number of fused-ring (bicyclic) bond motifs is 1. The summed E-state index contributed by atoms with van der Waals surface area (Å²) in [6, 6.07) is 0. The van der Waals surface area contributed by atoms with Crippen LogP contribution >= 0.6 is 22.6 Å². The summed E-state index contributed by atoms with van der Waals surface area (Å²) in [5.74, 6) is 0.0824. The van der Waals surface area contributed by atoms with Gasteiger partial charge in [-0.3, -0.25) is 9.78 Å². The minimum atomic E-state index is -0.341. The molecular formula is C18H22INO3.